The molecule has 0 bridgehead atoms. The van der Waals surface area contributed by atoms with E-state index in [1.165, 1.54) is 10.4 Å². The minimum atomic E-state index is -3.50. The summed E-state index contributed by atoms with van der Waals surface area (Å²) in [4.78, 5) is 0.237. The molecule has 3 heterocycles. The summed E-state index contributed by atoms with van der Waals surface area (Å²) >= 11 is 0. The third-order valence-corrected chi connectivity index (χ3v) is 5.82. The topological polar surface area (TPSA) is 86.6 Å². The van der Waals surface area contributed by atoms with Gasteiger partial charge in [0.05, 0.1) is 11.1 Å². The number of sulfonamides is 1. The lowest BCUT2D eigenvalue weighted by molar-refractivity contribution is 0.169. The zero-order chi connectivity index (χ0) is 15.9. The zero-order valence-corrected chi connectivity index (χ0v) is 13.1. The third-order valence-electron chi connectivity index (χ3n) is 3.99. The van der Waals surface area contributed by atoms with E-state index in [9.17, 15) is 8.42 Å². The minimum Gasteiger partial charge on any atom is -0.486 e. The van der Waals surface area contributed by atoms with Crippen LogP contribution >= 0.6 is 0 Å². The summed E-state index contributed by atoms with van der Waals surface area (Å²) in [5.41, 5.74) is 0. The second-order valence-electron chi connectivity index (χ2n) is 5.62. The quantitative estimate of drug-likeness (QED) is 0.802. The number of hydrogen-bond donors (Lipinski definition) is 0. The van der Waals surface area contributed by atoms with Gasteiger partial charge in [-0.15, -0.1) is 5.10 Å². The van der Waals surface area contributed by atoms with Gasteiger partial charge in [-0.05, 0) is 12.1 Å². The molecule has 8 nitrogen and oxygen atoms in total. The Labute approximate surface area is 133 Å². The molecule has 0 radical (unpaired) electrons. The molecular formula is C14H16N4O4S. The van der Waals surface area contributed by atoms with Crippen molar-refractivity contribution in [2.75, 3.05) is 26.3 Å². The van der Waals surface area contributed by atoms with Crippen molar-refractivity contribution in [2.24, 2.45) is 5.92 Å². The van der Waals surface area contributed by atoms with Crippen LogP contribution in [0.25, 0.3) is 0 Å². The fourth-order valence-electron chi connectivity index (χ4n) is 2.76. The lowest BCUT2D eigenvalue weighted by Gasteiger charge is -2.37. The van der Waals surface area contributed by atoms with Gasteiger partial charge in [0.1, 0.15) is 13.2 Å². The molecule has 0 aliphatic carbocycles. The van der Waals surface area contributed by atoms with E-state index in [0.717, 1.165) is 0 Å². The molecule has 0 spiro atoms. The molecule has 1 saturated heterocycles. The second kappa shape index (κ2) is 5.50. The van der Waals surface area contributed by atoms with Crippen LogP contribution in [0.5, 0.6) is 11.5 Å². The van der Waals surface area contributed by atoms with Gasteiger partial charge in [-0.2, -0.15) is 4.31 Å². The lowest BCUT2D eigenvalue weighted by atomic mass is 10.0. The Morgan fingerprint density at radius 1 is 1.17 bits per heavy atom. The highest BCUT2D eigenvalue weighted by atomic mass is 32.2. The van der Waals surface area contributed by atoms with Crippen molar-refractivity contribution < 1.29 is 17.9 Å². The van der Waals surface area contributed by atoms with E-state index in [1.807, 2.05) is 0 Å². The molecule has 1 aromatic carbocycles. The summed E-state index contributed by atoms with van der Waals surface area (Å²) in [6.07, 6.45) is 3.39. The summed E-state index contributed by atoms with van der Waals surface area (Å²) in [5, 5.41) is 7.65. The van der Waals surface area contributed by atoms with Crippen LogP contribution in [0.4, 0.5) is 0 Å². The van der Waals surface area contributed by atoms with Gasteiger partial charge >= 0.3 is 0 Å². The Hall–Kier alpha value is -2.13. The minimum absolute atomic E-state index is 0.237. The van der Waals surface area contributed by atoms with Gasteiger partial charge in [-0.1, -0.05) is 5.21 Å². The summed E-state index contributed by atoms with van der Waals surface area (Å²) in [5.74, 6) is 1.32. The lowest BCUT2D eigenvalue weighted by Crippen LogP contribution is -2.51. The molecule has 0 amide bonds. The molecule has 0 atom stereocenters. The van der Waals surface area contributed by atoms with Crippen molar-refractivity contribution in [3.05, 3.63) is 30.6 Å². The van der Waals surface area contributed by atoms with Gasteiger partial charge in [0.25, 0.3) is 0 Å². The maximum atomic E-state index is 12.6. The summed E-state index contributed by atoms with van der Waals surface area (Å²) < 4.78 is 39.4. The highest BCUT2D eigenvalue weighted by Crippen LogP contribution is 2.34. The first-order valence-electron chi connectivity index (χ1n) is 7.37. The number of nitrogens with zero attached hydrogens (tertiary/aromatic N) is 4. The Morgan fingerprint density at radius 2 is 1.96 bits per heavy atom. The highest BCUT2D eigenvalue weighted by Gasteiger charge is 2.37. The van der Waals surface area contributed by atoms with Crippen LogP contribution in [0.15, 0.2) is 35.5 Å². The fraction of sp³-hybridized carbons (Fsp3) is 0.429. The maximum absolute atomic E-state index is 12.6. The third kappa shape index (κ3) is 2.66. The predicted octanol–water partition coefficient (Wildman–Crippen LogP) is 0.370. The molecule has 2 aliphatic heterocycles. The predicted molar refractivity (Wildman–Crippen MR) is 79.7 cm³/mol. The van der Waals surface area contributed by atoms with Crippen molar-refractivity contribution in [1.82, 2.24) is 19.3 Å². The van der Waals surface area contributed by atoms with E-state index in [1.54, 1.807) is 29.2 Å². The van der Waals surface area contributed by atoms with Crippen LogP contribution in [0.1, 0.15) is 0 Å². The SMILES string of the molecule is O=S(=O)(c1ccc2c(c1)OCCO2)N1CC(Cn2ccnn2)C1. The Bertz CT molecular complexity index is 800. The van der Waals surface area contributed by atoms with E-state index >= 15 is 0 Å². The molecule has 1 aromatic heterocycles. The van der Waals surface area contributed by atoms with Crippen molar-refractivity contribution in [2.45, 2.75) is 11.4 Å². The van der Waals surface area contributed by atoms with E-state index in [0.29, 0.717) is 44.3 Å². The number of aromatic nitrogens is 3. The molecule has 0 saturated carbocycles. The zero-order valence-electron chi connectivity index (χ0n) is 12.3. The summed E-state index contributed by atoms with van der Waals surface area (Å²) in [6.45, 7) is 2.55. The van der Waals surface area contributed by atoms with Gasteiger partial charge in [-0.3, -0.25) is 4.68 Å². The van der Waals surface area contributed by atoms with Gasteiger partial charge in [0, 0.05) is 37.8 Å². The van der Waals surface area contributed by atoms with E-state index in [4.69, 9.17) is 9.47 Å². The van der Waals surface area contributed by atoms with E-state index in [-0.39, 0.29) is 10.8 Å². The number of benzene rings is 1. The van der Waals surface area contributed by atoms with Crippen molar-refractivity contribution in [3.8, 4) is 11.5 Å². The largest absolute Gasteiger partial charge is 0.486 e. The first-order chi connectivity index (χ1) is 11.1. The highest BCUT2D eigenvalue weighted by molar-refractivity contribution is 7.89. The second-order valence-corrected chi connectivity index (χ2v) is 7.56. The smallest absolute Gasteiger partial charge is 0.243 e. The van der Waals surface area contributed by atoms with Crippen LogP contribution in [0.3, 0.4) is 0 Å². The van der Waals surface area contributed by atoms with Gasteiger partial charge in [-0.25, -0.2) is 8.42 Å². The molecular weight excluding hydrogens is 320 g/mol. The van der Waals surface area contributed by atoms with Crippen LogP contribution in [-0.2, 0) is 16.6 Å². The Morgan fingerprint density at radius 3 is 2.70 bits per heavy atom. The Balaban J connectivity index is 1.46. The molecule has 9 heteroatoms. The van der Waals surface area contributed by atoms with Gasteiger partial charge in [0.15, 0.2) is 11.5 Å². The molecule has 2 aromatic rings. The average Bonchev–Trinajstić information content (AvgIpc) is 3.03. The van der Waals surface area contributed by atoms with Crippen LogP contribution in [-0.4, -0.2) is 54.0 Å². The summed E-state index contributed by atoms with van der Waals surface area (Å²) in [6, 6.07) is 4.75. The molecule has 23 heavy (non-hydrogen) atoms. The molecule has 122 valence electrons. The van der Waals surface area contributed by atoms with Crippen molar-refractivity contribution >= 4 is 10.0 Å². The fourth-order valence-corrected chi connectivity index (χ4v) is 4.37. The van der Waals surface area contributed by atoms with Crippen LogP contribution in [0, 0.1) is 5.92 Å². The molecule has 1 fully saturated rings. The van der Waals surface area contributed by atoms with Gasteiger partial charge < -0.3 is 9.47 Å². The number of rotatable bonds is 4. The molecule has 4 rings (SSSR count). The van der Waals surface area contributed by atoms with Crippen molar-refractivity contribution in [3.63, 3.8) is 0 Å². The van der Waals surface area contributed by atoms with E-state index < -0.39 is 10.0 Å². The van der Waals surface area contributed by atoms with Crippen molar-refractivity contribution in [1.29, 1.82) is 0 Å². The first-order valence-corrected chi connectivity index (χ1v) is 8.81. The number of fused-ring (bicyclic) bond motifs is 1. The molecule has 2 aliphatic rings. The summed E-state index contributed by atoms with van der Waals surface area (Å²) in [7, 11) is -3.50. The normalized spacial score (nSPS) is 18.6. The average molecular weight is 336 g/mol. The standard InChI is InChI=1S/C14H16N4O4S/c19-23(20,12-1-2-13-14(7-12)22-6-5-21-13)18-9-11(10-18)8-17-4-3-15-16-17/h1-4,7,11H,5-6,8-10H2. The molecule has 0 N–H and O–H groups in total. The number of ether oxygens (including phenoxy) is 2. The Kier molecular flexibility index (Phi) is 3.46. The van der Waals surface area contributed by atoms with Crippen LogP contribution in [0.2, 0.25) is 0 Å². The molecule has 0 unspecified atom stereocenters. The van der Waals surface area contributed by atoms with Crippen LogP contribution < -0.4 is 9.47 Å². The first kappa shape index (κ1) is 14.5. The monoisotopic (exact) mass is 336 g/mol. The number of hydrogen-bond acceptors (Lipinski definition) is 6. The van der Waals surface area contributed by atoms with E-state index in [2.05, 4.69) is 10.3 Å². The van der Waals surface area contributed by atoms with Gasteiger partial charge in [0.2, 0.25) is 10.0 Å². The maximum Gasteiger partial charge on any atom is 0.243 e.